The smallest absolute Gasteiger partial charge is 0.407 e. The summed E-state index contributed by atoms with van der Waals surface area (Å²) < 4.78 is 18.8. The molecule has 1 aromatic rings. The summed E-state index contributed by atoms with van der Waals surface area (Å²) in [7, 11) is 0. The highest BCUT2D eigenvalue weighted by molar-refractivity contribution is 5.65. The first-order chi connectivity index (χ1) is 9.61. The molecule has 1 aliphatic carbocycles. The Bertz CT molecular complexity index is 523. The number of nitrogens with one attached hydrogen (secondary N) is 1. The number of ether oxygens (including phenoxy) is 1. The summed E-state index contributed by atoms with van der Waals surface area (Å²) in [6, 6.07) is -0.0645. The summed E-state index contributed by atoms with van der Waals surface area (Å²) in [6.07, 6.45) is 2.70. The molecule has 0 radical (unpaired) electrons. The fraction of sp³-hybridized carbons (Fsp3) is 0.583. The Morgan fingerprint density at radius 3 is 2.95 bits per heavy atom. The molecule has 0 aromatic carbocycles. The third-order valence-electron chi connectivity index (χ3n) is 3.31. The number of carbonyl (C=O) groups is 1. The van der Waals surface area contributed by atoms with Gasteiger partial charge in [-0.3, -0.25) is 0 Å². The van der Waals surface area contributed by atoms with Crippen LogP contribution in [0.2, 0.25) is 0 Å². The van der Waals surface area contributed by atoms with Crippen LogP contribution in [0.1, 0.15) is 19.3 Å². The highest BCUT2D eigenvalue weighted by Gasteiger charge is 2.28. The molecule has 0 spiro atoms. The van der Waals surface area contributed by atoms with Crippen molar-refractivity contribution in [2.75, 3.05) is 18.4 Å². The van der Waals surface area contributed by atoms with Gasteiger partial charge in [-0.2, -0.15) is 9.37 Å². The molecule has 1 amide bonds. The van der Waals surface area contributed by atoms with Gasteiger partial charge < -0.3 is 20.1 Å². The molecule has 3 rings (SSSR count). The minimum absolute atomic E-state index is 0.0434. The van der Waals surface area contributed by atoms with Crippen LogP contribution < -0.4 is 10.1 Å². The average Bonchev–Trinajstić information content (AvgIpc) is 3.09. The van der Waals surface area contributed by atoms with Gasteiger partial charge in [0.05, 0.1) is 6.20 Å². The second-order valence-corrected chi connectivity index (χ2v) is 5.02. The summed E-state index contributed by atoms with van der Waals surface area (Å²) in [5.41, 5.74) is 0. The zero-order valence-corrected chi connectivity index (χ0v) is 10.8. The number of likely N-dealkylation sites (tertiary alicyclic amines) is 1. The molecule has 2 fully saturated rings. The Morgan fingerprint density at radius 1 is 1.50 bits per heavy atom. The highest BCUT2D eigenvalue weighted by atomic mass is 19.1. The molecular weight excluding hydrogens is 267 g/mol. The van der Waals surface area contributed by atoms with Gasteiger partial charge in [0.1, 0.15) is 6.10 Å². The Hall–Kier alpha value is -2.12. The molecule has 1 saturated heterocycles. The van der Waals surface area contributed by atoms with Crippen molar-refractivity contribution in [2.24, 2.45) is 0 Å². The van der Waals surface area contributed by atoms with Crippen LogP contribution >= 0.6 is 0 Å². The quantitative estimate of drug-likeness (QED) is 0.866. The summed E-state index contributed by atoms with van der Waals surface area (Å²) in [6.45, 7) is 0.842. The summed E-state index contributed by atoms with van der Waals surface area (Å²) in [4.78, 5) is 20.0. The summed E-state index contributed by atoms with van der Waals surface area (Å²) >= 11 is 0. The SMILES string of the molecule is O=C(O)N1CC[C@@H](Nc2ncc(F)c(OC3CC3)n2)C1. The van der Waals surface area contributed by atoms with E-state index in [1.54, 1.807) is 0 Å². The van der Waals surface area contributed by atoms with E-state index < -0.39 is 11.9 Å². The monoisotopic (exact) mass is 282 g/mol. The number of nitrogens with zero attached hydrogens (tertiary/aromatic N) is 3. The standard InChI is InChI=1S/C12H15FN4O3/c13-9-5-14-11(16-10(9)20-8-1-2-8)15-7-3-4-17(6-7)12(18)19/h5,7-8H,1-4,6H2,(H,18,19)(H,14,15,16)/t7-/m1/s1. The van der Waals surface area contributed by atoms with Gasteiger partial charge in [0.15, 0.2) is 0 Å². The summed E-state index contributed by atoms with van der Waals surface area (Å²) in [5.74, 6) is -0.363. The van der Waals surface area contributed by atoms with E-state index in [0.29, 0.717) is 19.5 Å². The van der Waals surface area contributed by atoms with E-state index in [2.05, 4.69) is 15.3 Å². The molecule has 0 bridgehead atoms. The van der Waals surface area contributed by atoms with Gasteiger partial charge in [-0.05, 0) is 19.3 Å². The van der Waals surface area contributed by atoms with E-state index in [1.165, 1.54) is 4.90 Å². The largest absolute Gasteiger partial charge is 0.472 e. The molecule has 1 saturated carbocycles. The topological polar surface area (TPSA) is 87.6 Å². The van der Waals surface area contributed by atoms with Crippen LogP contribution in [0, 0.1) is 5.82 Å². The molecular formula is C12H15FN4O3. The molecule has 1 aliphatic heterocycles. The lowest BCUT2D eigenvalue weighted by Crippen LogP contribution is -2.30. The number of aromatic nitrogens is 2. The van der Waals surface area contributed by atoms with Gasteiger partial charge in [0.2, 0.25) is 11.8 Å². The van der Waals surface area contributed by atoms with Crippen molar-refractivity contribution in [1.29, 1.82) is 0 Å². The van der Waals surface area contributed by atoms with Crippen LogP contribution in [0.3, 0.4) is 0 Å². The Kier molecular flexibility index (Phi) is 3.29. The maximum absolute atomic E-state index is 13.5. The number of hydrogen-bond donors (Lipinski definition) is 2. The lowest BCUT2D eigenvalue weighted by atomic mass is 10.3. The zero-order valence-electron chi connectivity index (χ0n) is 10.8. The molecule has 2 N–H and O–H groups in total. The van der Waals surface area contributed by atoms with E-state index in [4.69, 9.17) is 9.84 Å². The van der Waals surface area contributed by atoms with Crippen molar-refractivity contribution in [2.45, 2.75) is 31.4 Å². The molecule has 0 unspecified atom stereocenters. The van der Waals surface area contributed by atoms with Crippen LogP contribution in [0.25, 0.3) is 0 Å². The molecule has 20 heavy (non-hydrogen) atoms. The van der Waals surface area contributed by atoms with Crippen molar-refractivity contribution >= 4 is 12.0 Å². The lowest BCUT2D eigenvalue weighted by molar-refractivity contribution is 0.155. The first kappa shape index (κ1) is 12.9. The maximum atomic E-state index is 13.5. The van der Waals surface area contributed by atoms with Gasteiger partial charge in [-0.15, -0.1) is 0 Å². The molecule has 1 atom stereocenters. The Balaban J connectivity index is 1.63. The van der Waals surface area contributed by atoms with E-state index in [-0.39, 0.29) is 24.0 Å². The predicted octanol–water partition coefficient (Wildman–Crippen LogP) is 1.32. The van der Waals surface area contributed by atoms with Gasteiger partial charge in [0.25, 0.3) is 5.88 Å². The third kappa shape index (κ3) is 2.89. The molecule has 108 valence electrons. The first-order valence-electron chi connectivity index (χ1n) is 6.55. The van der Waals surface area contributed by atoms with E-state index in [9.17, 15) is 9.18 Å². The van der Waals surface area contributed by atoms with Crippen molar-refractivity contribution in [3.63, 3.8) is 0 Å². The maximum Gasteiger partial charge on any atom is 0.407 e. The van der Waals surface area contributed by atoms with Gasteiger partial charge >= 0.3 is 6.09 Å². The Morgan fingerprint density at radius 2 is 2.30 bits per heavy atom. The van der Waals surface area contributed by atoms with Crippen molar-refractivity contribution < 1.29 is 19.0 Å². The van der Waals surface area contributed by atoms with Crippen LogP contribution in [0.4, 0.5) is 15.1 Å². The Labute approximate surface area is 114 Å². The number of anilines is 1. The van der Waals surface area contributed by atoms with E-state index >= 15 is 0 Å². The molecule has 2 aliphatic rings. The van der Waals surface area contributed by atoms with Crippen molar-refractivity contribution in [1.82, 2.24) is 14.9 Å². The van der Waals surface area contributed by atoms with Crippen LogP contribution in [-0.2, 0) is 0 Å². The predicted molar refractivity (Wildman–Crippen MR) is 67.3 cm³/mol. The number of amides is 1. The van der Waals surface area contributed by atoms with Gasteiger partial charge in [-0.25, -0.2) is 9.78 Å². The lowest BCUT2D eigenvalue weighted by Gasteiger charge is -2.14. The zero-order chi connectivity index (χ0) is 14.1. The highest BCUT2D eigenvalue weighted by Crippen LogP contribution is 2.27. The average molecular weight is 282 g/mol. The number of hydrogen-bond acceptors (Lipinski definition) is 5. The van der Waals surface area contributed by atoms with E-state index in [1.807, 2.05) is 0 Å². The van der Waals surface area contributed by atoms with Crippen LogP contribution in [-0.4, -0.2) is 51.3 Å². The fourth-order valence-electron chi connectivity index (χ4n) is 2.08. The molecule has 1 aromatic heterocycles. The van der Waals surface area contributed by atoms with Crippen LogP contribution in [0.15, 0.2) is 6.20 Å². The van der Waals surface area contributed by atoms with E-state index in [0.717, 1.165) is 19.0 Å². The second kappa shape index (κ2) is 5.10. The molecule has 8 heteroatoms. The fourth-order valence-corrected chi connectivity index (χ4v) is 2.08. The first-order valence-corrected chi connectivity index (χ1v) is 6.55. The van der Waals surface area contributed by atoms with Gasteiger partial charge in [0, 0.05) is 19.1 Å². The number of carboxylic acid groups (broad SMARTS) is 1. The van der Waals surface area contributed by atoms with Gasteiger partial charge in [-0.1, -0.05) is 0 Å². The summed E-state index contributed by atoms with van der Waals surface area (Å²) in [5, 5.41) is 11.9. The minimum atomic E-state index is -0.938. The van der Waals surface area contributed by atoms with Crippen molar-refractivity contribution in [3.05, 3.63) is 12.0 Å². The third-order valence-corrected chi connectivity index (χ3v) is 3.31. The minimum Gasteiger partial charge on any atom is -0.472 e. The number of rotatable bonds is 4. The van der Waals surface area contributed by atoms with Crippen molar-refractivity contribution in [3.8, 4) is 5.88 Å². The van der Waals surface area contributed by atoms with Crippen LogP contribution in [0.5, 0.6) is 5.88 Å². The number of halogens is 1. The molecule has 7 nitrogen and oxygen atoms in total. The second-order valence-electron chi connectivity index (χ2n) is 5.02. The normalized spacial score (nSPS) is 21.9. The molecule has 2 heterocycles.